The Kier molecular flexibility index (Phi) is 6.87. The first-order valence-corrected chi connectivity index (χ1v) is 8.30. The van der Waals surface area contributed by atoms with Gasteiger partial charge in [-0.3, -0.25) is 19.7 Å². The molecule has 1 N–H and O–H groups in total. The topological polar surface area (TPSA) is 108 Å². The number of rotatable bonds is 8. The fourth-order valence-corrected chi connectivity index (χ4v) is 2.24. The van der Waals surface area contributed by atoms with E-state index < -0.39 is 22.9 Å². The third-order valence-corrected chi connectivity index (χ3v) is 3.60. The van der Waals surface area contributed by atoms with Gasteiger partial charge in [-0.25, -0.2) is 0 Å². The van der Waals surface area contributed by atoms with Crippen molar-refractivity contribution in [2.45, 2.75) is 26.4 Å². The van der Waals surface area contributed by atoms with Crippen molar-refractivity contribution in [1.82, 2.24) is 0 Å². The number of hydrogen-bond donors (Lipinski definition) is 1. The maximum Gasteiger partial charge on any atom is 0.310 e. The minimum absolute atomic E-state index is 0.0307. The molecule has 0 fully saturated rings. The van der Waals surface area contributed by atoms with E-state index in [1.165, 1.54) is 25.1 Å². The molecule has 0 aliphatic carbocycles. The van der Waals surface area contributed by atoms with Crippen LogP contribution in [0.5, 0.6) is 5.75 Å². The van der Waals surface area contributed by atoms with Gasteiger partial charge in [-0.1, -0.05) is 24.3 Å². The average molecular weight is 372 g/mol. The van der Waals surface area contributed by atoms with Gasteiger partial charge in [0, 0.05) is 6.07 Å². The highest BCUT2D eigenvalue weighted by atomic mass is 16.6. The highest BCUT2D eigenvalue weighted by Gasteiger charge is 2.21. The molecule has 8 nitrogen and oxygen atoms in total. The molecule has 1 atom stereocenters. The van der Waals surface area contributed by atoms with Crippen LogP contribution in [-0.2, 0) is 14.3 Å². The van der Waals surface area contributed by atoms with Crippen molar-refractivity contribution < 1.29 is 24.0 Å². The maximum absolute atomic E-state index is 12.1. The molecule has 0 radical (unpaired) electrons. The first-order valence-electron chi connectivity index (χ1n) is 8.30. The highest BCUT2D eigenvalue weighted by molar-refractivity contribution is 5.96. The van der Waals surface area contributed by atoms with Crippen LogP contribution in [0.4, 0.5) is 11.4 Å². The van der Waals surface area contributed by atoms with E-state index in [1.807, 2.05) is 25.1 Å². The number of nitrogens with zero attached hydrogens (tertiary/aromatic N) is 1. The van der Waals surface area contributed by atoms with Gasteiger partial charge in [0.15, 0.2) is 6.10 Å². The molecule has 0 aliphatic heterocycles. The summed E-state index contributed by atoms with van der Waals surface area (Å²) in [6.07, 6.45) is -1.13. The van der Waals surface area contributed by atoms with Gasteiger partial charge in [0.25, 0.3) is 11.6 Å². The van der Waals surface area contributed by atoms with Gasteiger partial charge in [0.1, 0.15) is 11.4 Å². The van der Waals surface area contributed by atoms with Crippen molar-refractivity contribution in [2.24, 2.45) is 0 Å². The molecule has 0 saturated carbocycles. The van der Waals surface area contributed by atoms with Crippen LogP contribution in [0.3, 0.4) is 0 Å². The summed E-state index contributed by atoms with van der Waals surface area (Å²) in [5.41, 5.74) is 0.837. The minimum Gasteiger partial charge on any atom is -0.493 e. The van der Waals surface area contributed by atoms with E-state index in [1.54, 1.807) is 12.1 Å². The predicted molar refractivity (Wildman–Crippen MR) is 98.6 cm³/mol. The summed E-state index contributed by atoms with van der Waals surface area (Å²) in [4.78, 5) is 34.3. The predicted octanol–water partition coefficient (Wildman–Crippen LogP) is 3.24. The standard InChI is InChI=1S/C19H20N2O6/c1-13-6-5-7-15(12-13)26-11-10-18(22)27-14(2)19(23)20-16-8-3-4-9-17(16)21(24)25/h3-9,12,14H,10-11H2,1-2H3,(H,20,23)/t14-/m0/s1. The molecule has 0 unspecified atom stereocenters. The van der Waals surface area contributed by atoms with Crippen molar-refractivity contribution in [1.29, 1.82) is 0 Å². The lowest BCUT2D eigenvalue weighted by Crippen LogP contribution is -2.30. The van der Waals surface area contributed by atoms with E-state index in [9.17, 15) is 19.7 Å². The zero-order chi connectivity index (χ0) is 19.8. The third kappa shape index (κ3) is 6.10. The van der Waals surface area contributed by atoms with E-state index in [2.05, 4.69) is 5.32 Å². The number of carbonyl (C=O) groups is 2. The van der Waals surface area contributed by atoms with Crippen LogP contribution in [0, 0.1) is 17.0 Å². The summed E-state index contributed by atoms with van der Waals surface area (Å²) >= 11 is 0. The van der Waals surface area contributed by atoms with Gasteiger partial charge in [-0.15, -0.1) is 0 Å². The Bertz CT molecular complexity index is 836. The molecule has 0 heterocycles. The van der Waals surface area contributed by atoms with Crippen LogP contribution >= 0.6 is 0 Å². The number of ether oxygens (including phenoxy) is 2. The van der Waals surface area contributed by atoms with E-state index in [0.29, 0.717) is 5.75 Å². The highest BCUT2D eigenvalue weighted by Crippen LogP contribution is 2.23. The molecule has 0 aliphatic rings. The molecular weight excluding hydrogens is 352 g/mol. The van der Waals surface area contributed by atoms with E-state index in [-0.39, 0.29) is 24.4 Å². The number of nitrogens with one attached hydrogen (secondary N) is 1. The van der Waals surface area contributed by atoms with Crippen LogP contribution in [-0.4, -0.2) is 29.5 Å². The Morgan fingerprint density at radius 1 is 1.19 bits per heavy atom. The zero-order valence-electron chi connectivity index (χ0n) is 15.0. The number of carbonyl (C=O) groups excluding carboxylic acids is 2. The van der Waals surface area contributed by atoms with Crippen molar-refractivity contribution in [3.05, 3.63) is 64.2 Å². The number of amides is 1. The smallest absolute Gasteiger partial charge is 0.310 e. The Hall–Kier alpha value is -3.42. The van der Waals surface area contributed by atoms with Crippen LogP contribution < -0.4 is 10.1 Å². The number of esters is 1. The second kappa shape index (κ2) is 9.33. The first-order chi connectivity index (χ1) is 12.9. The summed E-state index contributed by atoms with van der Waals surface area (Å²) in [6.45, 7) is 3.43. The average Bonchev–Trinajstić information content (AvgIpc) is 2.62. The van der Waals surface area contributed by atoms with Gasteiger partial charge in [-0.05, 0) is 37.6 Å². The molecule has 1 amide bonds. The maximum atomic E-state index is 12.1. The first kappa shape index (κ1) is 19.9. The van der Waals surface area contributed by atoms with E-state index in [4.69, 9.17) is 9.47 Å². The van der Waals surface area contributed by atoms with Gasteiger partial charge in [0.05, 0.1) is 18.0 Å². The number of nitro benzene ring substituents is 1. The number of anilines is 1. The molecule has 0 aromatic heterocycles. The Morgan fingerprint density at radius 3 is 2.63 bits per heavy atom. The van der Waals surface area contributed by atoms with E-state index in [0.717, 1.165) is 5.56 Å². The van der Waals surface area contributed by atoms with Gasteiger partial charge in [-0.2, -0.15) is 0 Å². The molecule has 0 saturated heterocycles. The summed E-state index contributed by atoms with van der Waals surface area (Å²) in [7, 11) is 0. The van der Waals surface area contributed by atoms with Crippen molar-refractivity contribution >= 4 is 23.3 Å². The van der Waals surface area contributed by atoms with Crippen molar-refractivity contribution in [3.8, 4) is 5.75 Å². The summed E-state index contributed by atoms with van der Waals surface area (Å²) in [6, 6.07) is 13.1. The Morgan fingerprint density at radius 2 is 1.93 bits per heavy atom. The Labute approximate surface area is 156 Å². The number of aryl methyl sites for hydroxylation is 1. The molecule has 2 rings (SSSR count). The Balaban J connectivity index is 1.81. The monoisotopic (exact) mass is 372 g/mol. The lowest BCUT2D eigenvalue weighted by molar-refractivity contribution is -0.383. The summed E-state index contributed by atoms with van der Waals surface area (Å²) in [5, 5.41) is 13.4. The van der Waals surface area contributed by atoms with E-state index >= 15 is 0 Å². The second-order valence-electron chi connectivity index (χ2n) is 5.81. The van der Waals surface area contributed by atoms with Crippen LogP contribution in [0.15, 0.2) is 48.5 Å². The second-order valence-corrected chi connectivity index (χ2v) is 5.81. The molecule has 2 aromatic rings. The zero-order valence-corrected chi connectivity index (χ0v) is 15.0. The van der Waals surface area contributed by atoms with Crippen LogP contribution in [0.25, 0.3) is 0 Å². The molecular formula is C19H20N2O6. The van der Waals surface area contributed by atoms with Gasteiger partial charge in [0.2, 0.25) is 0 Å². The molecule has 2 aromatic carbocycles. The number of para-hydroxylation sites is 2. The summed E-state index contributed by atoms with van der Waals surface area (Å²) in [5.74, 6) is -0.616. The van der Waals surface area contributed by atoms with Crippen LogP contribution in [0.2, 0.25) is 0 Å². The molecule has 142 valence electrons. The molecule has 0 spiro atoms. The summed E-state index contributed by atoms with van der Waals surface area (Å²) < 4.78 is 10.5. The molecule has 0 bridgehead atoms. The van der Waals surface area contributed by atoms with Gasteiger partial charge < -0.3 is 14.8 Å². The molecule has 27 heavy (non-hydrogen) atoms. The largest absolute Gasteiger partial charge is 0.493 e. The fourth-order valence-electron chi connectivity index (χ4n) is 2.24. The van der Waals surface area contributed by atoms with Crippen molar-refractivity contribution in [3.63, 3.8) is 0 Å². The van der Waals surface area contributed by atoms with Crippen molar-refractivity contribution in [2.75, 3.05) is 11.9 Å². The molecule has 8 heteroatoms. The minimum atomic E-state index is -1.10. The third-order valence-electron chi connectivity index (χ3n) is 3.60. The van der Waals surface area contributed by atoms with Gasteiger partial charge >= 0.3 is 5.97 Å². The quantitative estimate of drug-likeness (QED) is 0.433. The fraction of sp³-hybridized carbons (Fsp3) is 0.263. The number of hydrogen-bond acceptors (Lipinski definition) is 6. The SMILES string of the molecule is Cc1cccc(OCCC(=O)O[C@@H](C)C(=O)Nc2ccccc2[N+](=O)[O-])c1. The lowest BCUT2D eigenvalue weighted by Gasteiger charge is -2.14. The number of nitro groups is 1. The normalized spacial score (nSPS) is 11.3. The van der Waals surface area contributed by atoms with Crippen LogP contribution in [0.1, 0.15) is 18.9 Å². The lowest BCUT2D eigenvalue weighted by atomic mass is 10.2. The number of benzene rings is 2.